The lowest BCUT2D eigenvalue weighted by molar-refractivity contribution is -0.129. The highest BCUT2D eigenvalue weighted by Gasteiger charge is 2.41. The molecule has 1 aliphatic heterocycles. The largest absolute Gasteiger partial charge is 0.509 e. The normalized spacial score (nSPS) is 17.2. The molecule has 0 unspecified atom stereocenters. The minimum absolute atomic E-state index is 0.0561. The van der Waals surface area contributed by atoms with Gasteiger partial charge < -0.3 is 10.0 Å². The number of rotatable bonds is 6. The van der Waals surface area contributed by atoms with Crippen molar-refractivity contribution in [3.63, 3.8) is 0 Å². The summed E-state index contributed by atoms with van der Waals surface area (Å²) >= 11 is 0. The third kappa shape index (κ3) is 3.48. The molecule has 25 heavy (non-hydrogen) atoms. The van der Waals surface area contributed by atoms with Crippen molar-refractivity contribution in [2.45, 2.75) is 32.4 Å². The third-order valence-corrected chi connectivity index (χ3v) is 4.49. The van der Waals surface area contributed by atoms with E-state index in [4.69, 9.17) is 0 Å². The lowest BCUT2D eigenvalue weighted by atomic mass is 10.0. The second kappa shape index (κ2) is 7.34. The molecule has 4 nitrogen and oxygen atoms in total. The van der Waals surface area contributed by atoms with Gasteiger partial charge in [-0.15, -0.1) is 0 Å². The first kappa shape index (κ1) is 17.0. The zero-order chi connectivity index (χ0) is 17.8. The fraction of sp³-hybridized carbons (Fsp3) is 0.238. The van der Waals surface area contributed by atoms with E-state index in [1.807, 2.05) is 60.7 Å². The van der Waals surface area contributed by atoms with Gasteiger partial charge in [-0.05, 0) is 11.1 Å². The molecule has 4 heteroatoms. The van der Waals surface area contributed by atoms with Crippen LogP contribution < -0.4 is 0 Å². The van der Waals surface area contributed by atoms with Crippen molar-refractivity contribution in [2.75, 3.05) is 0 Å². The minimum atomic E-state index is -0.513. The number of hydrogen-bond acceptors (Lipinski definition) is 3. The van der Waals surface area contributed by atoms with E-state index in [-0.39, 0.29) is 29.4 Å². The van der Waals surface area contributed by atoms with E-state index in [9.17, 15) is 14.7 Å². The van der Waals surface area contributed by atoms with E-state index in [0.29, 0.717) is 13.0 Å². The summed E-state index contributed by atoms with van der Waals surface area (Å²) in [6.45, 7) is 2.06. The van der Waals surface area contributed by atoms with Gasteiger partial charge in [0.25, 0.3) is 5.91 Å². The topological polar surface area (TPSA) is 57.6 Å². The summed E-state index contributed by atoms with van der Waals surface area (Å²) in [4.78, 5) is 26.6. The number of benzene rings is 2. The predicted octanol–water partition coefficient (Wildman–Crippen LogP) is 3.43. The number of carbonyl (C=O) groups is 2. The number of Topliss-reactive ketones (excluding diaryl/α,β-unsaturated/α-hetero) is 1. The van der Waals surface area contributed by atoms with Gasteiger partial charge in [-0.2, -0.15) is 0 Å². The molecule has 1 aliphatic rings. The van der Waals surface area contributed by atoms with Crippen LogP contribution in [0.15, 0.2) is 72.0 Å². The van der Waals surface area contributed by atoms with Gasteiger partial charge in [0.2, 0.25) is 0 Å². The van der Waals surface area contributed by atoms with Gasteiger partial charge in [-0.1, -0.05) is 67.6 Å². The van der Waals surface area contributed by atoms with Crippen molar-refractivity contribution in [3.8, 4) is 0 Å². The summed E-state index contributed by atoms with van der Waals surface area (Å²) in [5, 5.41) is 10.6. The highest BCUT2D eigenvalue weighted by Crippen LogP contribution is 2.29. The van der Waals surface area contributed by atoms with Crippen LogP contribution in [0.1, 0.15) is 24.5 Å². The van der Waals surface area contributed by atoms with Crippen LogP contribution in [0, 0.1) is 0 Å². The van der Waals surface area contributed by atoms with Crippen LogP contribution in [-0.2, 0) is 22.6 Å². The van der Waals surface area contributed by atoms with E-state index in [2.05, 4.69) is 0 Å². The Kier molecular flexibility index (Phi) is 4.98. The molecule has 0 bridgehead atoms. The number of aliphatic hydroxyl groups excluding tert-OH is 1. The summed E-state index contributed by atoms with van der Waals surface area (Å²) in [5.74, 6) is -0.790. The Morgan fingerprint density at radius 1 is 1.00 bits per heavy atom. The van der Waals surface area contributed by atoms with Crippen molar-refractivity contribution in [2.24, 2.45) is 0 Å². The molecule has 1 heterocycles. The number of aliphatic hydroxyl groups is 1. The SMILES string of the molecule is CCC(=O)C1=C(O)[C@H](Cc2ccccc2)N(Cc2ccccc2)C1=O. The maximum Gasteiger partial charge on any atom is 0.261 e. The molecule has 1 N–H and O–H groups in total. The molecule has 1 atom stereocenters. The van der Waals surface area contributed by atoms with Crippen molar-refractivity contribution >= 4 is 11.7 Å². The summed E-state index contributed by atoms with van der Waals surface area (Å²) in [7, 11) is 0. The highest BCUT2D eigenvalue weighted by atomic mass is 16.3. The number of carbonyl (C=O) groups excluding carboxylic acids is 2. The van der Waals surface area contributed by atoms with Crippen molar-refractivity contribution in [1.29, 1.82) is 0 Å². The van der Waals surface area contributed by atoms with E-state index in [1.54, 1.807) is 11.8 Å². The number of hydrogen-bond donors (Lipinski definition) is 1. The molecule has 2 aromatic carbocycles. The Morgan fingerprint density at radius 3 is 2.12 bits per heavy atom. The first-order valence-corrected chi connectivity index (χ1v) is 8.47. The molecule has 2 aromatic rings. The average molecular weight is 335 g/mol. The molecule has 0 radical (unpaired) electrons. The third-order valence-electron chi connectivity index (χ3n) is 4.49. The molecule has 3 rings (SSSR count). The zero-order valence-corrected chi connectivity index (χ0v) is 14.2. The van der Waals surface area contributed by atoms with Gasteiger partial charge in [0, 0.05) is 19.4 Å². The van der Waals surface area contributed by atoms with Gasteiger partial charge in [-0.25, -0.2) is 0 Å². The van der Waals surface area contributed by atoms with Crippen LogP contribution in [0.4, 0.5) is 0 Å². The lowest BCUT2D eigenvalue weighted by Gasteiger charge is -2.25. The molecule has 0 aromatic heterocycles. The highest BCUT2D eigenvalue weighted by molar-refractivity contribution is 6.21. The fourth-order valence-electron chi connectivity index (χ4n) is 3.15. The van der Waals surface area contributed by atoms with Crippen LogP contribution in [0.3, 0.4) is 0 Å². The summed E-state index contributed by atoms with van der Waals surface area (Å²) in [6, 6.07) is 18.8. The van der Waals surface area contributed by atoms with Crippen LogP contribution in [0.5, 0.6) is 0 Å². The quantitative estimate of drug-likeness (QED) is 0.823. The summed E-state index contributed by atoms with van der Waals surface area (Å²) < 4.78 is 0. The number of amides is 1. The first-order chi connectivity index (χ1) is 12.1. The predicted molar refractivity (Wildman–Crippen MR) is 95.9 cm³/mol. The number of nitrogens with zero attached hydrogens (tertiary/aromatic N) is 1. The second-order valence-corrected chi connectivity index (χ2v) is 6.16. The van der Waals surface area contributed by atoms with E-state index in [0.717, 1.165) is 11.1 Å². The summed E-state index contributed by atoms with van der Waals surface area (Å²) in [6.07, 6.45) is 0.675. The molecule has 1 amide bonds. The standard InChI is InChI=1S/C21H21NO3/c1-2-18(23)19-20(24)17(13-15-9-5-3-6-10-15)22(21(19)25)14-16-11-7-4-8-12-16/h3-12,17,24H,2,13-14H2,1H3/t17-/m0/s1. The maximum absolute atomic E-state index is 12.8. The van der Waals surface area contributed by atoms with E-state index >= 15 is 0 Å². The second-order valence-electron chi connectivity index (χ2n) is 6.16. The molecule has 128 valence electrons. The Labute approximate surface area is 147 Å². The summed E-state index contributed by atoms with van der Waals surface area (Å²) in [5.41, 5.74) is 1.92. The smallest absolute Gasteiger partial charge is 0.261 e. The Hall–Kier alpha value is -2.88. The molecule has 0 spiro atoms. The minimum Gasteiger partial charge on any atom is -0.509 e. The van der Waals surface area contributed by atoms with Crippen molar-refractivity contribution in [1.82, 2.24) is 4.90 Å². The Bertz CT molecular complexity index is 796. The molecule has 0 saturated heterocycles. The van der Waals surface area contributed by atoms with Gasteiger partial charge in [0.1, 0.15) is 11.3 Å². The van der Waals surface area contributed by atoms with Gasteiger partial charge >= 0.3 is 0 Å². The Balaban J connectivity index is 1.93. The Morgan fingerprint density at radius 2 is 1.56 bits per heavy atom. The van der Waals surface area contributed by atoms with E-state index < -0.39 is 6.04 Å². The van der Waals surface area contributed by atoms with Gasteiger partial charge in [0.15, 0.2) is 5.78 Å². The molecule has 0 fully saturated rings. The van der Waals surface area contributed by atoms with Crippen molar-refractivity contribution in [3.05, 3.63) is 83.1 Å². The first-order valence-electron chi connectivity index (χ1n) is 8.47. The van der Waals surface area contributed by atoms with Crippen LogP contribution in [0.25, 0.3) is 0 Å². The van der Waals surface area contributed by atoms with Gasteiger partial charge in [0.05, 0.1) is 6.04 Å². The molecular formula is C21H21NO3. The van der Waals surface area contributed by atoms with Crippen molar-refractivity contribution < 1.29 is 14.7 Å². The number of ketones is 1. The maximum atomic E-state index is 12.8. The lowest BCUT2D eigenvalue weighted by Crippen LogP contribution is -2.37. The van der Waals surface area contributed by atoms with Crippen LogP contribution >= 0.6 is 0 Å². The monoisotopic (exact) mass is 335 g/mol. The van der Waals surface area contributed by atoms with Gasteiger partial charge in [-0.3, -0.25) is 9.59 Å². The van der Waals surface area contributed by atoms with Crippen LogP contribution in [0.2, 0.25) is 0 Å². The fourth-order valence-corrected chi connectivity index (χ4v) is 3.15. The molecule has 0 saturated carbocycles. The zero-order valence-electron chi connectivity index (χ0n) is 14.2. The molecular weight excluding hydrogens is 314 g/mol. The molecule has 0 aliphatic carbocycles. The van der Waals surface area contributed by atoms with E-state index in [1.165, 1.54) is 0 Å². The average Bonchev–Trinajstić information content (AvgIpc) is 2.87. The van der Waals surface area contributed by atoms with Crippen LogP contribution in [-0.4, -0.2) is 27.7 Å².